The molecule has 1 unspecified atom stereocenters. The van der Waals surface area contributed by atoms with Gasteiger partial charge in [-0.1, -0.05) is 6.92 Å². The van der Waals surface area contributed by atoms with Gasteiger partial charge in [-0.3, -0.25) is 4.79 Å². The lowest BCUT2D eigenvalue weighted by molar-refractivity contribution is -0.120. The molecule has 0 bridgehead atoms. The lowest BCUT2D eigenvalue weighted by Gasteiger charge is -2.23. The van der Waals surface area contributed by atoms with Gasteiger partial charge in [0, 0.05) is 19.6 Å². The van der Waals surface area contributed by atoms with Crippen molar-refractivity contribution in [1.29, 1.82) is 0 Å². The summed E-state index contributed by atoms with van der Waals surface area (Å²) in [5.41, 5.74) is 5.42. The minimum absolute atomic E-state index is 0.175. The van der Waals surface area contributed by atoms with Crippen molar-refractivity contribution in [2.24, 2.45) is 5.73 Å². The van der Waals surface area contributed by atoms with Crippen LogP contribution in [0.2, 0.25) is 0 Å². The van der Waals surface area contributed by atoms with Crippen LogP contribution in [0.1, 0.15) is 26.2 Å². The predicted octanol–water partition coefficient (Wildman–Crippen LogP) is -0.132. The van der Waals surface area contributed by atoms with Crippen LogP contribution in [0.5, 0.6) is 0 Å². The molecule has 1 atom stereocenters. The molecule has 1 fully saturated rings. The number of carbonyl (C=O) groups is 1. The highest BCUT2D eigenvalue weighted by molar-refractivity contribution is 5.79. The Morgan fingerprint density at radius 1 is 1.33 bits per heavy atom. The fourth-order valence-corrected chi connectivity index (χ4v) is 2.30. The molecule has 0 aromatic rings. The zero-order valence-corrected chi connectivity index (χ0v) is 11.8. The van der Waals surface area contributed by atoms with Crippen molar-refractivity contribution < 1.29 is 4.79 Å². The van der Waals surface area contributed by atoms with Gasteiger partial charge in [-0.15, -0.1) is 0 Å². The van der Waals surface area contributed by atoms with Gasteiger partial charge in [0.1, 0.15) is 0 Å². The number of amides is 1. The van der Waals surface area contributed by atoms with Gasteiger partial charge in [-0.25, -0.2) is 0 Å². The normalized spacial score (nSPS) is 20.6. The van der Waals surface area contributed by atoms with Gasteiger partial charge in [0.15, 0.2) is 0 Å². The van der Waals surface area contributed by atoms with Gasteiger partial charge in [0.25, 0.3) is 0 Å². The third-order valence-electron chi connectivity index (χ3n) is 3.53. The van der Waals surface area contributed by atoms with E-state index in [4.69, 9.17) is 5.73 Å². The van der Waals surface area contributed by atoms with Crippen LogP contribution in [-0.2, 0) is 4.79 Å². The summed E-state index contributed by atoms with van der Waals surface area (Å²) < 4.78 is 0. The van der Waals surface area contributed by atoms with Crippen LogP contribution >= 0.6 is 0 Å². The number of likely N-dealkylation sites (N-methyl/N-ethyl adjacent to an activating group) is 1. The highest BCUT2D eigenvalue weighted by atomic mass is 16.1. The Labute approximate surface area is 111 Å². The molecule has 3 N–H and O–H groups in total. The minimum atomic E-state index is -0.226. The van der Waals surface area contributed by atoms with E-state index in [0.29, 0.717) is 0 Å². The molecule has 1 saturated heterocycles. The number of primary amides is 1. The number of nitrogens with one attached hydrogen (secondary N) is 1. The third-order valence-corrected chi connectivity index (χ3v) is 3.53. The van der Waals surface area contributed by atoms with Crippen LogP contribution < -0.4 is 11.1 Å². The lowest BCUT2D eigenvalue weighted by atomic mass is 10.1. The van der Waals surface area contributed by atoms with Crippen LogP contribution in [0, 0.1) is 0 Å². The van der Waals surface area contributed by atoms with Crippen LogP contribution in [-0.4, -0.2) is 68.1 Å². The van der Waals surface area contributed by atoms with Crippen molar-refractivity contribution in [1.82, 2.24) is 15.1 Å². The standard InChI is InChI=1S/C13H28N4O/c1-3-6-15-12(13(14)18)5-9-17-8-4-7-16(2)10-11-17/h12,15H,3-11H2,1-2H3,(H2,14,18). The molecular weight excluding hydrogens is 228 g/mol. The van der Waals surface area contributed by atoms with Crippen molar-refractivity contribution in [3.05, 3.63) is 0 Å². The molecular formula is C13H28N4O. The first-order valence-electron chi connectivity index (χ1n) is 7.07. The summed E-state index contributed by atoms with van der Waals surface area (Å²) in [6.45, 7) is 8.41. The maximum atomic E-state index is 11.3. The number of nitrogens with zero attached hydrogens (tertiary/aromatic N) is 2. The maximum Gasteiger partial charge on any atom is 0.234 e. The Bertz CT molecular complexity index is 247. The third kappa shape index (κ3) is 5.80. The smallest absolute Gasteiger partial charge is 0.234 e. The molecule has 0 saturated carbocycles. The van der Waals surface area contributed by atoms with E-state index in [1.165, 1.54) is 13.0 Å². The first-order valence-corrected chi connectivity index (χ1v) is 7.07. The molecule has 0 aromatic carbocycles. The van der Waals surface area contributed by atoms with E-state index >= 15 is 0 Å². The van der Waals surface area contributed by atoms with Crippen LogP contribution in [0.3, 0.4) is 0 Å². The SMILES string of the molecule is CCCNC(CCN1CCCN(C)CC1)C(N)=O. The van der Waals surface area contributed by atoms with Crippen molar-refractivity contribution in [2.75, 3.05) is 46.3 Å². The quantitative estimate of drug-likeness (QED) is 0.666. The number of hydrogen-bond donors (Lipinski definition) is 2. The molecule has 1 aliphatic rings. The van der Waals surface area contributed by atoms with E-state index in [0.717, 1.165) is 45.6 Å². The number of carbonyl (C=O) groups excluding carboxylic acids is 1. The van der Waals surface area contributed by atoms with Gasteiger partial charge < -0.3 is 20.9 Å². The Morgan fingerprint density at radius 2 is 2.11 bits per heavy atom. The summed E-state index contributed by atoms with van der Waals surface area (Å²) in [6.07, 6.45) is 3.05. The van der Waals surface area contributed by atoms with Gasteiger partial charge in [-0.2, -0.15) is 0 Å². The minimum Gasteiger partial charge on any atom is -0.368 e. The molecule has 0 radical (unpaired) electrons. The number of rotatable bonds is 7. The molecule has 1 rings (SSSR count). The molecule has 5 nitrogen and oxygen atoms in total. The Balaban J connectivity index is 2.29. The summed E-state index contributed by atoms with van der Waals surface area (Å²) in [6, 6.07) is -0.175. The van der Waals surface area contributed by atoms with Crippen molar-refractivity contribution in [3.63, 3.8) is 0 Å². The molecule has 0 spiro atoms. The molecule has 18 heavy (non-hydrogen) atoms. The Kier molecular flexibility index (Phi) is 7.23. The molecule has 106 valence electrons. The average molecular weight is 256 g/mol. The van der Waals surface area contributed by atoms with Crippen LogP contribution in [0.15, 0.2) is 0 Å². The molecule has 1 aliphatic heterocycles. The topological polar surface area (TPSA) is 61.6 Å². The summed E-state index contributed by atoms with van der Waals surface area (Å²) in [7, 11) is 2.17. The van der Waals surface area contributed by atoms with Gasteiger partial charge in [0.05, 0.1) is 6.04 Å². The van der Waals surface area contributed by atoms with E-state index in [1.54, 1.807) is 0 Å². The molecule has 5 heteroatoms. The van der Waals surface area contributed by atoms with Gasteiger partial charge in [-0.05, 0) is 45.9 Å². The van der Waals surface area contributed by atoms with Crippen molar-refractivity contribution in [2.45, 2.75) is 32.2 Å². The summed E-state index contributed by atoms with van der Waals surface area (Å²) >= 11 is 0. The predicted molar refractivity (Wildman–Crippen MR) is 74.4 cm³/mol. The highest BCUT2D eigenvalue weighted by Gasteiger charge is 2.17. The van der Waals surface area contributed by atoms with Gasteiger partial charge in [0.2, 0.25) is 5.91 Å². The summed E-state index contributed by atoms with van der Waals surface area (Å²) in [4.78, 5) is 16.1. The lowest BCUT2D eigenvalue weighted by Crippen LogP contribution is -2.44. The fourth-order valence-electron chi connectivity index (χ4n) is 2.30. The van der Waals surface area contributed by atoms with Crippen LogP contribution in [0.4, 0.5) is 0 Å². The first-order chi connectivity index (χ1) is 8.63. The average Bonchev–Trinajstić information content (AvgIpc) is 2.54. The molecule has 0 aromatic heterocycles. The van der Waals surface area contributed by atoms with E-state index in [1.807, 2.05) is 0 Å². The summed E-state index contributed by atoms with van der Waals surface area (Å²) in [5.74, 6) is -0.226. The second-order valence-corrected chi connectivity index (χ2v) is 5.20. The fraction of sp³-hybridized carbons (Fsp3) is 0.923. The Morgan fingerprint density at radius 3 is 2.78 bits per heavy atom. The van der Waals surface area contributed by atoms with Crippen LogP contribution in [0.25, 0.3) is 0 Å². The highest BCUT2D eigenvalue weighted by Crippen LogP contribution is 2.03. The Hall–Kier alpha value is -0.650. The van der Waals surface area contributed by atoms with Crippen molar-refractivity contribution in [3.8, 4) is 0 Å². The summed E-state index contributed by atoms with van der Waals surface area (Å²) in [5, 5.41) is 3.22. The molecule has 1 amide bonds. The second-order valence-electron chi connectivity index (χ2n) is 5.20. The van der Waals surface area contributed by atoms with E-state index < -0.39 is 0 Å². The largest absolute Gasteiger partial charge is 0.368 e. The first kappa shape index (κ1) is 15.4. The molecule has 1 heterocycles. The monoisotopic (exact) mass is 256 g/mol. The van der Waals surface area contributed by atoms with E-state index in [-0.39, 0.29) is 11.9 Å². The van der Waals surface area contributed by atoms with E-state index in [9.17, 15) is 4.79 Å². The zero-order valence-electron chi connectivity index (χ0n) is 11.8. The maximum absolute atomic E-state index is 11.3. The second kappa shape index (κ2) is 8.45. The zero-order chi connectivity index (χ0) is 13.4. The molecule has 0 aliphatic carbocycles. The number of nitrogens with two attached hydrogens (primary N) is 1. The number of hydrogen-bond acceptors (Lipinski definition) is 4. The van der Waals surface area contributed by atoms with E-state index in [2.05, 4.69) is 29.1 Å². The van der Waals surface area contributed by atoms with Gasteiger partial charge >= 0.3 is 0 Å². The van der Waals surface area contributed by atoms with Crippen molar-refractivity contribution >= 4 is 5.91 Å².